The number of aromatic nitrogens is 2. The zero-order chi connectivity index (χ0) is 14.5. The maximum atomic E-state index is 11.8. The Kier molecular flexibility index (Phi) is 4.53. The Bertz CT molecular complexity index is 613. The number of amides is 2. The number of carbonyl (C=O) groups excluding carboxylic acids is 1. The van der Waals surface area contributed by atoms with Crippen LogP contribution in [0.15, 0.2) is 30.6 Å². The van der Waals surface area contributed by atoms with E-state index >= 15 is 0 Å². The monoisotopic (exact) mass is 290 g/mol. The molecule has 0 aliphatic carbocycles. The van der Waals surface area contributed by atoms with E-state index in [1.54, 1.807) is 24.5 Å². The summed E-state index contributed by atoms with van der Waals surface area (Å²) in [6, 6.07) is 5.03. The van der Waals surface area contributed by atoms with Crippen LogP contribution in [0.4, 0.5) is 10.5 Å². The summed E-state index contributed by atoms with van der Waals surface area (Å²) >= 11 is 5.90. The van der Waals surface area contributed by atoms with Crippen molar-refractivity contribution in [2.24, 2.45) is 0 Å². The van der Waals surface area contributed by atoms with Crippen molar-refractivity contribution in [3.05, 3.63) is 52.6 Å². The second-order valence-corrected chi connectivity index (χ2v) is 4.85. The molecule has 0 bridgehead atoms. The first kappa shape index (κ1) is 14.3. The van der Waals surface area contributed by atoms with E-state index in [9.17, 15) is 4.79 Å². The lowest BCUT2D eigenvalue weighted by atomic mass is 10.2. The van der Waals surface area contributed by atoms with Crippen molar-refractivity contribution in [3.8, 4) is 0 Å². The molecule has 1 aromatic heterocycles. The van der Waals surface area contributed by atoms with Gasteiger partial charge in [0.1, 0.15) is 0 Å². The third kappa shape index (κ3) is 3.93. The lowest BCUT2D eigenvalue weighted by Gasteiger charge is -2.10. The van der Waals surface area contributed by atoms with E-state index in [0.29, 0.717) is 22.9 Å². The molecule has 0 saturated heterocycles. The molecule has 0 aliphatic rings. The van der Waals surface area contributed by atoms with Gasteiger partial charge in [-0.3, -0.25) is 9.97 Å². The van der Waals surface area contributed by atoms with E-state index in [1.807, 2.05) is 19.9 Å². The predicted molar refractivity (Wildman–Crippen MR) is 78.8 cm³/mol. The van der Waals surface area contributed by atoms with Crippen LogP contribution in [0.2, 0.25) is 5.02 Å². The minimum Gasteiger partial charge on any atom is -0.332 e. The Morgan fingerprint density at radius 2 is 2.05 bits per heavy atom. The zero-order valence-electron chi connectivity index (χ0n) is 11.3. The van der Waals surface area contributed by atoms with Gasteiger partial charge in [-0.05, 0) is 31.5 Å². The van der Waals surface area contributed by atoms with Crippen molar-refractivity contribution < 1.29 is 4.79 Å². The molecule has 5 nitrogen and oxygen atoms in total. The summed E-state index contributed by atoms with van der Waals surface area (Å²) in [6.45, 7) is 4.08. The van der Waals surface area contributed by atoms with Gasteiger partial charge in [0.25, 0.3) is 0 Å². The molecule has 6 heteroatoms. The highest BCUT2D eigenvalue weighted by molar-refractivity contribution is 6.31. The molecule has 0 saturated carbocycles. The number of aryl methyl sites for hydroxylation is 2. The van der Waals surface area contributed by atoms with E-state index in [1.165, 1.54) is 0 Å². The lowest BCUT2D eigenvalue weighted by Crippen LogP contribution is -2.28. The molecule has 0 spiro atoms. The first-order chi connectivity index (χ1) is 9.54. The summed E-state index contributed by atoms with van der Waals surface area (Å²) < 4.78 is 0. The zero-order valence-corrected chi connectivity index (χ0v) is 12.0. The molecule has 2 N–H and O–H groups in total. The van der Waals surface area contributed by atoms with E-state index in [-0.39, 0.29) is 6.03 Å². The van der Waals surface area contributed by atoms with Crippen LogP contribution < -0.4 is 10.6 Å². The average molecular weight is 291 g/mol. The van der Waals surface area contributed by atoms with Crippen molar-refractivity contribution >= 4 is 23.3 Å². The molecule has 1 aromatic carbocycles. The summed E-state index contributed by atoms with van der Waals surface area (Å²) in [5.41, 5.74) is 3.17. The molecule has 20 heavy (non-hydrogen) atoms. The number of urea groups is 1. The number of hydrogen-bond acceptors (Lipinski definition) is 3. The Morgan fingerprint density at radius 1 is 1.25 bits per heavy atom. The molecular weight excluding hydrogens is 276 g/mol. The minimum absolute atomic E-state index is 0.308. The lowest BCUT2D eigenvalue weighted by molar-refractivity contribution is 0.251. The molecule has 0 fully saturated rings. The van der Waals surface area contributed by atoms with Gasteiger partial charge in [-0.1, -0.05) is 17.7 Å². The third-order valence-corrected chi connectivity index (χ3v) is 2.95. The SMILES string of the molecule is Cc1cnc(CNC(=O)Nc2cc(Cl)ccc2C)cn1. The van der Waals surface area contributed by atoms with Crippen molar-refractivity contribution in [1.29, 1.82) is 0 Å². The number of rotatable bonds is 3. The van der Waals surface area contributed by atoms with Crippen molar-refractivity contribution in [2.45, 2.75) is 20.4 Å². The van der Waals surface area contributed by atoms with Gasteiger partial charge in [0, 0.05) is 16.9 Å². The van der Waals surface area contributed by atoms with Crippen LogP contribution >= 0.6 is 11.6 Å². The fourth-order valence-corrected chi connectivity index (χ4v) is 1.75. The van der Waals surface area contributed by atoms with E-state index in [2.05, 4.69) is 20.6 Å². The van der Waals surface area contributed by atoms with Gasteiger partial charge in [0.2, 0.25) is 0 Å². The third-order valence-electron chi connectivity index (χ3n) is 2.71. The molecule has 0 radical (unpaired) electrons. The Balaban J connectivity index is 1.92. The maximum absolute atomic E-state index is 11.8. The highest BCUT2D eigenvalue weighted by atomic mass is 35.5. The molecule has 2 aromatic rings. The Labute approximate surface area is 122 Å². The largest absolute Gasteiger partial charge is 0.332 e. The Hall–Kier alpha value is -2.14. The quantitative estimate of drug-likeness (QED) is 0.913. The van der Waals surface area contributed by atoms with Crippen LogP contribution in [0, 0.1) is 13.8 Å². The molecule has 1 heterocycles. The fraction of sp³-hybridized carbons (Fsp3) is 0.214. The molecule has 2 amide bonds. The van der Waals surface area contributed by atoms with Crippen molar-refractivity contribution in [2.75, 3.05) is 5.32 Å². The number of carbonyl (C=O) groups is 1. The van der Waals surface area contributed by atoms with Crippen LogP contribution in [0.1, 0.15) is 17.0 Å². The second-order valence-electron chi connectivity index (χ2n) is 4.42. The first-order valence-electron chi connectivity index (χ1n) is 6.13. The topological polar surface area (TPSA) is 66.9 Å². The number of benzene rings is 1. The van der Waals surface area contributed by atoms with Crippen molar-refractivity contribution in [3.63, 3.8) is 0 Å². The maximum Gasteiger partial charge on any atom is 0.319 e. The standard InChI is InChI=1S/C14H15ClN4O/c1-9-3-4-11(15)5-13(9)19-14(20)18-8-12-7-16-10(2)6-17-12/h3-7H,8H2,1-2H3,(H2,18,19,20). The fourth-order valence-electron chi connectivity index (χ4n) is 1.58. The number of hydrogen-bond donors (Lipinski definition) is 2. The predicted octanol–water partition coefficient (Wildman–Crippen LogP) is 3.07. The summed E-state index contributed by atoms with van der Waals surface area (Å²) in [5.74, 6) is 0. The van der Waals surface area contributed by atoms with Gasteiger partial charge < -0.3 is 10.6 Å². The number of halogens is 1. The molecule has 2 rings (SSSR count). The summed E-state index contributed by atoms with van der Waals surface area (Å²) in [4.78, 5) is 20.1. The van der Waals surface area contributed by atoms with Gasteiger partial charge in [-0.15, -0.1) is 0 Å². The molecule has 0 atom stereocenters. The molecule has 0 unspecified atom stereocenters. The van der Waals surface area contributed by atoms with Crippen LogP contribution in [-0.2, 0) is 6.54 Å². The van der Waals surface area contributed by atoms with Crippen LogP contribution in [0.25, 0.3) is 0 Å². The van der Waals surface area contributed by atoms with Crippen molar-refractivity contribution in [1.82, 2.24) is 15.3 Å². The summed E-state index contributed by atoms with van der Waals surface area (Å²) in [6.07, 6.45) is 3.30. The number of nitrogens with zero attached hydrogens (tertiary/aromatic N) is 2. The van der Waals surface area contributed by atoms with Crippen LogP contribution in [0.5, 0.6) is 0 Å². The highest BCUT2D eigenvalue weighted by Gasteiger charge is 2.05. The highest BCUT2D eigenvalue weighted by Crippen LogP contribution is 2.19. The second kappa shape index (κ2) is 6.34. The smallest absolute Gasteiger partial charge is 0.319 e. The van der Waals surface area contributed by atoms with E-state index in [0.717, 1.165) is 11.3 Å². The molecule has 104 valence electrons. The first-order valence-corrected chi connectivity index (χ1v) is 6.51. The van der Waals surface area contributed by atoms with Gasteiger partial charge in [-0.2, -0.15) is 0 Å². The summed E-state index contributed by atoms with van der Waals surface area (Å²) in [7, 11) is 0. The molecular formula is C14H15ClN4O. The molecule has 0 aliphatic heterocycles. The van der Waals surface area contributed by atoms with Gasteiger partial charge in [-0.25, -0.2) is 4.79 Å². The normalized spacial score (nSPS) is 10.2. The van der Waals surface area contributed by atoms with Crippen LogP contribution in [0.3, 0.4) is 0 Å². The van der Waals surface area contributed by atoms with Crippen LogP contribution in [-0.4, -0.2) is 16.0 Å². The van der Waals surface area contributed by atoms with E-state index < -0.39 is 0 Å². The van der Waals surface area contributed by atoms with Gasteiger partial charge in [0.15, 0.2) is 0 Å². The van der Waals surface area contributed by atoms with E-state index in [4.69, 9.17) is 11.6 Å². The summed E-state index contributed by atoms with van der Waals surface area (Å²) in [5, 5.41) is 6.05. The average Bonchev–Trinajstić information content (AvgIpc) is 2.42. The number of anilines is 1. The Morgan fingerprint density at radius 3 is 2.75 bits per heavy atom. The van der Waals surface area contributed by atoms with Gasteiger partial charge in [0.05, 0.1) is 24.1 Å². The number of nitrogens with one attached hydrogen (secondary N) is 2. The van der Waals surface area contributed by atoms with Gasteiger partial charge >= 0.3 is 6.03 Å². The minimum atomic E-state index is -0.308.